The summed E-state index contributed by atoms with van der Waals surface area (Å²) in [6, 6.07) is 5.58. The Morgan fingerprint density at radius 3 is 2.72 bits per heavy atom. The first-order valence-electron chi connectivity index (χ1n) is 6.35. The van der Waals surface area contributed by atoms with E-state index in [0.717, 1.165) is 18.5 Å². The van der Waals surface area contributed by atoms with Crippen molar-refractivity contribution < 1.29 is 4.92 Å². The van der Waals surface area contributed by atoms with Crippen LogP contribution in [0.15, 0.2) is 18.2 Å². The Labute approximate surface area is 107 Å². The topological polar surface area (TPSA) is 81.2 Å². The van der Waals surface area contributed by atoms with Crippen molar-refractivity contribution >= 4 is 11.4 Å². The van der Waals surface area contributed by atoms with Gasteiger partial charge in [0.05, 0.1) is 4.92 Å². The highest BCUT2D eigenvalue weighted by molar-refractivity contribution is 5.54. The molecule has 0 bridgehead atoms. The molecule has 0 aliphatic heterocycles. The first-order chi connectivity index (χ1) is 8.58. The van der Waals surface area contributed by atoms with Gasteiger partial charge in [-0.25, -0.2) is 0 Å². The largest absolute Gasteiger partial charge is 0.381 e. The fourth-order valence-corrected chi connectivity index (χ4v) is 2.50. The highest BCUT2D eigenvalue weighted by Crippen LogP contribution is 2.25. The first kappa shape index (κ1) is 12.8. The van der Waals surface area contributed by atoms with Crippen molar-refractivity contribution in [2.24, 2.45) is 5.73 Å². The second-order valence-corrected chi connectivity index (χ2v) is 4.96. The molecular formula is C13H19N3O2. The second-order valence-electron chi connectivity index (χ2n) is 4.96. The molecule has 18 heavy (non-hydrogen) atoms. The molecule has 0 amide bonds. The Balaban J connectivity index is 2.10. The Morgan fingerprint density at radius 2 is 2.11 bits per heavy atom. The van der Waals surface area contributed by atoms with Crippen LogP contribution in [0.1, 0.15) is 31.2 Å². The lowest BCUT2D eigenvalue weighted by atomic mass is 9.91. The van der Waals surface area contributed by atoms with Crippen LogP contribution in [-0.2, 0) is 0 Å². The molecular weight excluding hydrogens is 230 g/mol. The van der Waals surface area contributed by atoms with E-state index in [-0.39, 0.29) is 22.7 Å². The highest BCUT2D eigenvalue weighted by atomic mass is 16.6. The van der Waals surface area contributed by atoms with E-state index in [9.17, 15) is 10.1 Å². The average Bonchev–Trinajstić information content (AvgIpc) is 2.32. The first-order valence-corrected chi connectivity index (χ1v) is 6.35. The molecule has 1 aromatic rings. The van der Waals surface area contributed by atoms with Crippen LogP contribution in [0.25, 0.3) is 0 Å². The standard InChI is InChI=1S/C13H19N3O2/c1-9-8-10(6-7-13(9)16(17)18)15-12-5-3-2-4-11(12)14/h6-8,11-12,15H,2-5,14H2,1H3/t11-,12-/m1/s1. The summed E-state index contributed by atoms with van der Waals surface area (Å²) in [5, 5.41) is 14.1. The molecule has 0 saturated heterocycles. The molecule has 0 spiro atoms. The quantitative estimate of drug-likeness (QED) is 0.637. The monoisotopic (exact) mass is 249 g/mol. The van der Waals surface area contributed by atoms with E-state index in [2.05, 4.69) is 5.32 Å². The number of benzene rings is 1. The Bertz CT molecular complexity index is 448. The summed E-state index contributed by atoms with van der Waals surface area (Å²) in [4.78, 5) is 10.4. The Hall–Kier alpha value is -1.62. The predicted octanol–water partition coefficient (Wildman–Crippen LogP) is 2.59. The zero-order valence-electron chi connectivity index (χ0n) is 10.6. The van der Waals surface area contributed by atoms with E-state index in [1.807, 2.05) is 6.07 Å². The Morgan fingerprint density at radius 1 is 1.39 bits per heavy atom. The summed E-state index contributed by atoms with van der Waals surface area (Å²) in [6.07, 6.45) is 4.50. The number of nitrogens with one attached hydrogen (secondary N) is 1. The van der Waals surface area contributed by atoms with Gasteiger partial charge in [-0.1, -0.05) is 12.8 Å². The zero-order chi connectivity index (χ0) is 13.1. The normalized spacial score (nSPS) is 23.7. The van der Waals surface area contributed by atoms with Gasteiger partial charge in [-0.2, -0.15) is 0 Å². The minimum Gasteiger partial charge on any atom is -0.381 e. The van der Waals surface area contributed by atoms with E-state index >= 15 is 0 Å². The number of nitrogens with two attached hydrogens (primary N) is 1. The maximum Gasteiger partial charge on any atom is 0.272 e. The molecule has 0 unspecified atom stereocenters. The summed E-state index contributed by atoms with van der Waals surface area (Å²) in [5.74, 6) is 0. The van der Waals surface area contributed by atoms with Crippen LogP contribution < -0.4 is 11.1 Å². The SMILES string of the molecule is Cc1cc(N[C@@H]2CCCC[C@H]2N)ccc1[N+](=O)[O-]. The molecule has 0 aromatic heterocycles. The van der Waals surface area contributed by atoms with Crippen molar-refractivity contribution in [2.75, 3.05) is 5.32 Å². The van der Waals surface area contributed by atoms with Crippen molar-refractivity contribution in [2.45, 2.75) is 44.7 Å². The van der Waals surface area contributed by atoms with Crippen LogP contribution in [0.4, 0.5) is 11.4 Å². The third-order valence-corrected chi connectivity index (χ3v) is 3.56. The summed E-state index contributed by atoms with van der Waals surface area (Å²) >= 11 is 0. The average molecular weight is 249 g/mol. The van der Waals surface area contributed by atoms with Gasteiger partial charge in [0.15, 0.2) is 0 Å². The Kier molecular flexibility index (Phi) is 3.81. The predicted molar refractivity (Wildman–Crippen MR) is 71.7 cm³/mol. The van der Waals surface area contributed by atoms with Gasteiger partial charge in [0.1, 0.15) is 0 Å². The van der Waals surface area contributed by atoms with Crippen molar-refractivity contribution in [3.8, 4) is 0 Å². The van der Waals surface area contributed by atoms with Gasteiger partial charge in [0.25, 0.3) is 5.69 Å². The number of rotatable bonds is 3. The van der Waals surface area contributed by atoms with Crippen LogP contribution in [0.5, 0.6) is 0 Å². The molecule has 5 nitrogen and oxygen atoms in total. The molecule has 98 valence electrons. The van der Waals surface area contributed by atoms with Crippen molar-refractivity contribution in [1.82, 2.24) is 0 Å². The van der Waals surface area contributed by atoms with Gasteiger partial charge in [-0.3, -0.25) is 10.1 Å². The minimum absolute atomic E-state index is 0.161. The molecule has 2 rings (SSSR count). The third-order valence-electron chi connectivity index (χ3n) is 3.56. The summed E-state index contributed by atoms with van der Waals surface area (Å²) in [6.45, 7) is 1.75. The molecule has 1 fully saturated rings. The molecule has 2 atom stereocenters. The molecule has 1 saturated carbocycles. The number of nitro benzene ring substituents is 1. The fourth-order valence-electron chi connectivity index (χ4n) is 2.50. The van der Waals surface area contributed by atoms with E-state index in [4.69, 9.17) is 5.73 Å². The van der Waals surface area contributed by atoms with Gasteiger partial charge in [0, 0.05) is 29.4 Å². The maximum atomic E-state index is 10.7. The maximum absolute atomic E-state index is 10.7. The van der Waals surface area contributed by atoms with Crippen LogP contribution in [0.3, 0.4) is 0 Å². The number of nitrogens with zero attached hydrogens (tertiary/aromatic N) is 1. The van der Waals surface area contributed by atoms with Crippen LogP contribution >= 0.6 is 0 Å². The molecule has 5 heteroatoms. The number of hydrogen-bond acceptors (Lipinski definition) is 4. The summed E-state index contributed by atoms with van der Waals surface area (Å²) < 4.78 is 0. The number of anilines is 1. The smallest absolute Gasteiger partial charge is 0.272 e. The lowest BCUT2D eigenvalue weighted by molar-refractivity contribution is -0.385. The van der Waals surface area contributed by atoms with E-state index in [0.29, 0.717) is 5.56 Å². The van der Waals surface area contributed by atoms with Crippen LogP contribution in [0.2, 0.25) is 0 Å². The fraction of sp³-hybridized carbons (Fsp3) is 0.538. The zero-order valence-corrected chi connectivity index (χ0v) is 10.6. The lowest BCUT2D eigenvalue weighted by Crippen LogP contribution is -2.42. The highest BCUT2D eigenvalue weighted by Gasteiger charge is 2.21. The summed E-state index contributed by atoms with van der Waals surface area (Å²) in [7, 11) is 0. The third kappa shape index (κ3) is 2.79. The number of nitro groups is 1. The van der Waals surface area contributed by atoms with E-state index in [1.165, 1.54) is 12.8 Å². The van der Waals surface area contributed by atoms with Gasteiger partial charge in [-0.05, 0) is 31.9 Å². The summed E-state index contributed by atoms with van der Waals surface area (Å²) in [5.41, 5.74) is 7.83. The van der Waals surface area contributed by atoms with Crippen molar-refractivity contribution in [3.63, 3.8) is 0 Å². The van der Waals surface area contributed by atoms with E-state index < -0.39 is 0 Å². The molecule has 1 aliphatic carbocycles. The van der Waals surface area contributed by atoms with Gasteiger partial charge < -0.3 is 11.1 Å². The molecule has 3 N–H and O–H groups in total. The number of aryl methyl sites for hydroxylation is 1. The molecule has 1 aliphatic rings. The van der Waals surface area contributed by atoms with Crippen molar-refractivity contribution in [3.05, 3.63) is 33.9 Å². The molecule has 1 aromatic carbocycles. The number of hydrogen-bond donors (Lipinski definition) is 2. The van der Waals surface area contributed by atoms with Gasteiger partial charge in [-0.15, -0.1) is 0 Å². The van der Waals surface area contributed by atoms with Crippen LogP contribution in [0, 0.1) is 17.0 Å². The van der Waals surface area contributed by atoms with E-state index in [1.54, 1.807) is 19.1 Å². The second kappa shape index (κ2) is 5.35. The van der Waals surface area contributed by atoms with Gasteiger partial charge >= 0.3 is 0 Å². The lowest BCUT2D eigenvalue weighted by Gasteiger charge is -2.30. The molecule has 0 heterocycles. The van der Waals surface area contributed by atoms with Gasteiger partial charge in [0.2, 0.25) is 0 Å². The van der Waals surface area contributed by atoms with Crippen LogP contribution in [-0.4, -0.2) is 17.0 Å². The minimum atomic E-state index is -0.356. The molecule has 0 radical (unpaired) electrons. The van der Waals surface area contributed by atoms with Crippen molar-refractivity contribution in [1.29, 1.82) is 0 Å².